The van der Waals surface area contributed by atoms with E-state index < -0.39 is 0 Å². The molecular weight excluding hydrogens is 232 g/mol. The van der Waals surface area contributed by atoms with Gasteiger partial charge in [0, 0.05) is 16.6 Å². The number of hydrogen-bond donors (Lipinski definition) is 2. The van der Waals surface area contributed by atoms with E-state index in [1.807, 2.05) is 0 Å². The smallest absolute Gasteiger partial charge is 0.140 e. The molecule has 0 fully saturated rings. The van der Waals surface area contributed by atoms with Gasteiger partial charge in [-0.05, 0) is 31.9 Å². The fraction of sp³-hybridized carbons (Fsp3) is 0.462. The largest absolute Gasteiger partial charge is 0.409 e. The molecule has 1 aromatic carbocycles. The average molecular weight is 252 g/mol. The number of amidine groups is 1. The third-order valence-corrected chi connectivity index (χ3v) is 4.19. The molecule has 3 N–H and O–H groups in total. The van der Waals surface area contributed by atoms with Gasteiger partial charge in [0.15, 0.2) is 0 Å². The first-order valence-electron chi connectivity index (χ1n) is 5.77. The van der Waals surface area contributed by atoms with Gasteiger partial charge < -0.3 is 10.9 Å². The molecule has 0 aliphatic carbocycles. The van der Waals surface area contributed by atoms with E-state index in [9.17, 15) is 0 Å². The molecule has 1 atom stereocenters. The molecule has 0 aliphatic heterocycles. The number of benzene rings is 1. The Labute approximate surface area is 107 Å². The molecule has 0 spiro atoms. The van der Waals surface area contributed by atoms with Crippen LogP contribution in [0.1, 0.15) is 30.9 Å². The minimum atomic E-state index is 0.300. The van der Waals surface area contributed by atoms with Gasteiger partial charge in [0.2, 0.25) is 0 Å². The Bertz CT molecular complexity index is 404. The number of oxime groups is 1. The van der Waals surface area contributed by atoms with E-state index in [2.05, 4.69) is 44.1 Å². The van der Waals surface area contributed by atoms with Crippen LogP contribution in [0.4, 0.5) is 0 Å². The average Bonchev–Trinajstić information content (AvgIpc) is 2.31. The van der Waals surface area contributed by atoms with Crippen molar-refractivity contribution in [2.24, 2.45) is 10.9 Å². The lowest BCUT2D eigenvalue weighted by atomic mass is 10.2. The molecule has 0 saturated carbocycles. The zero-order valence-corrected chi connectivity index (χ0v) is 11.4. The fourth-order valence-electron chi connectivity index (χ4n) is 1.65. The van der Waals surface area contributed by atoms with Crippen LogP contribution in [0.5, 0.6) is 0 Å². The van der Waals surface area contributed by atoms with Gasteiger partial charge >= 0.3 is 0 Å². The molecule has 0 bridgehead atoms. The van der Waals surface area contributed by atoms with Crippen molar-refractivity contribution in [2.75, 3.05) is 0 Å². The highest BCUT2D eigenvalue weighted by molar-refractivity contribution is 8.00. The van der Waals surface area contributed by atoms with Crippen molar-refractivity contribution in [1.82, 2.24) is 0 Å². The third kappa shape index (κ3) is 4.30. The van der Waals surface area contributed by atoms with Crippen LogP contribution in [0.2, 0.25) is 0 Å². The second kappa shape index (κ2) is 6.55. The van der Waals surface area contributed by atoms with E-state index in [0.29, 0.717) is 17.5 Å². The number of aryl methyl sites for hydroxylation is 2. The second-order valence-corrected chi connectivity index (χ2v) is 5.55. The van der Waals surface area contributed by atoms with Gasteiger partial charge in [-0.2, -0.15) is 0 Å². The minimum absolute atomic E-state index is 0.300. The van der Waals surface area contributed by atoms with Crippen LogP contribution < -0.4 is 5.73 Å². The lowest BCUT2D eigenvalue weighted by Crippen LogP contribution is -2.18. The van der Waals surface area contributed by atoms with Crippen LogP contribution >= 0.6 is 11.8 Å². The topological polar surface area (TPSA) is 58.6 Å². The molecule has 1 unspecified atom stereocenters. The highest BCUT2D eigenvalue weighted by Gasteiger charge is 2.12. The molecule has 4 heteroatoms. The van der Waals surface area contributed by atoms with Crippen molar-refractivity contribution < 1.29 is 5.21 Å². The summed E-state index contributed by atoms with van der Waals surface area (Å²) in [6.07, 6.45) is 1.61. The van der Waals surface area contributed by atoms with Crippen molar-refractivity contribution in [3.8, 4) is 0 Å². The normalized spacial score (nSPS) is 13.7. The standard InChI is InChI=1S/C13H20N2OS/c1-4-11(8-13(14)15-16)17-12-6-5-9(2)7-10(12)3/h5-7,11,16H,4,8H2,1-3H3,(H2,14,15). The molecule has 0 saturated heterocycles. The van der Waals surface area contributed by atoms with Gasteiger partial charge in [-0.25, -0.2) is 0 Å². The van der Waals surface area contributed by atoms with Gasteiger partial charge in [-0.3, -0.25) is 0 Å². The second-order valence-electron chi connectivity index (χ2n) is 4.21. The summed E-state index contributed by atoms with van der Waals surface area (Å²) >= 11 is 1.80. The molecule has 0 amide bonds. The number of nitrogens with zero attached hydrogens (tertiary/aromatic N) is 1. The maximum atomic E-state index is 8.59. The van der Waals surface area contributed by atoms with E-state index in [-0.39, 0.29) is 0 Å². The van der Waals surface area contributed by atoms with Gasteiger partial charge in [-0.1, -0.05) is 29.8 Å². The Balaban J connectivity index is 2.73. The summed E-state index contributed by atoms with van der Waals surface area (Å²) in [5.41, 5.74) is 8.11. The highest BCUT2D eigenvalue weighted by atomic mass is 32.2. The molecular formula is C13H20N2OS. The maximum absolute atomic E-state index is 8.59. The minimum Gasteiger partial charge on any atom is -0.409 e. The van der Waals surface area contributed by atoms with Crippen molar-refractivity contribution in [3.05, 3.63) is 29.3 Å². The van der Waals surface area contributed by atoms with E-state index in [1.54, 1.807) is 11.8 Å². The van der Waals surface area contributed by atoms with Crippen LogP contribution in [0, 0.1) is 13.8 Å². The fourth-order valence-corrected chi connectivity index (χ4v) is 2.83. The molecule has 0 aliphatic rings. The van der Waals surface area contributed by atoms with Crippen molar-refractivity contribution in [3.63, 3.8) is 0 Å². The Morgan fingerprint density at radius 2 is 2.18 bits per heavy atom. The number of thioether (sulfide) groups is 1. The van der Waals surface area contributed by atoms with Crippen LogP contribution in [0.15, 0.2) is 28.3 Å². The Morgan fingerprint density at radius 3 is 2.71 bits per heavy atom. The van der Waals surface area contributed by atoms with Crippen molar-refractivity contribution >= 4 is 17.6 Å². The molecule has 0 heterocycles. The quantitative estimate of drug-likeness (QED) is 0.278. The Kier molecular flexibility index (Phi) is 5.35. The van der Waals surface area contributed by atoms with Crippen molar-refractivity contribution in [2.45, 2.75) is 43.8 Å². The van der Waals surface area contributed by atoms with Crippen molar-refractivity contribution in [1.29, 1.82) is 0 Å². The number of nitrogens with two attached hydrogens (primary N) is 1. The lowest BCUT2D eigenvalue weighted by Gasteiger charge is -2.15. The summed E-state index contributed by atoms with van der Waals surface area (Å²) in [4.78, 5) is 1.27. The van der Waals surface area contributed by atoms with E-state index >= 15 is 0 Å². The van der Waals surface area contributed by atoms with Gasteiger partial charge in [0.1, 0.15) is 5.84 Å². The summed E-state index contributed by atoms with van der Waals surface area (Å²) in [5, 5.41) is 12.0. The molecule has 3 nitrogen and oxygen atoms in total. The summed E-state index contributed by atoms with van der Waals surface area (Å²) in [5.74, 6) is 0.300. The number of hydrogen-bond acceptors (Lipinski definition) is 3. The lowest BCUT2D eigenvalue weighted by molar-refractivity contribution is 0.316. The third-order valence-electron chi connectivity index (χ3n) is 2.64. The first-order chi connectivity index (χ1) is 8.06. The van der Waals surface area contributed by atoms with Crippen LogP contribution in [-0.4, -0.2) is 16.3 Å². The predicted molar refractivity (Wildman–Crippen MR) is 73.9 cm³/mol. The summed E-state index contributed by atoms with van der Waals surface area (Å²) in [7, 11) is 0. The zero-order valence-electron chi connectivity index (χ0n) is 10.6. The van der Waals surface area contributed by atoms with Crippen LogP contribution in [-0.2, 0) is 0 Å². The molecule has 17 heavy (non-hydrogen) atoms. The monoisotopic (exact) mass is 252 g/mol. The van der Waals surface area contributed by atoms with E-state index in [0.717, 1.165) is 6.42 Å². The predicted octanol–water partition coefficient (Wildman–Crippen LogP) is 3.31. The van der Waals surface area contributed by atoms with Crippen LogP contribution in [0.25, 0.3) is 0 Å². The molecule has 0 aromatic heterocycles. The summed E-state index contributed by atoms with van der Waals surface area (Å²) < 4.78 is 0. The van der Waals surface area contributed by atoms with Crippen LogP contribution in [0.3, 0.4) is 0 Å². The zero-order chi connectivity index (χ0) is 12.8. The van der Waals surface area contributed by atoms with Gasteiger partial charge in [0.25, 0.3) is 0 Å². The molecule has 1 aromatic rings. The van der Waals surface area contributed by atoms with Gasteiger partial charge in [0.05, 0.1) is 0 Å². The van der Waals surface area contributed by atoms with E-state index in [1.165, 1.54) is 16.0 Å². The Morgan fingerprint density at radius 1 is 1.47 bits per heavy atom. The first-order valence-corrected chi connectivity index (χ1v) is 6.65. The summed E-state index contributed by atoms with van der Waals surface area (Å²) in [6.45, 7) is 6.33. The molecule has 1 rings (SSSR count). The first kappa shape index (κ1) is 13.9. The highest BCUT2D eigenvalue weighted by Crippen LogP contribution is 2.30. The SMILES string of the molecule is CCC(C/C(N)=N/O)Sc1ccc(C)cc1C. The number of rotatable bonds is 5. The molecule has 0 radical (unpaired) electrons. The van der Waals surface area contributed by atoms with Gasteiger partial charge in [-0.15, -0.1) is 11.8 Å². The molecule has 94 valence electrons. The van der Waals surface area contributed by atoms with E-state index in [4.69, 9.17) is 10.9 Å². The maximum Gasteiger partial charge on any atom is 0.140 e. The Hall–Kier alpha value is -1.16. The summed E-state index contributed by atoms with van der Waals surface area (Å²) in [6, 6.07) is 6.44.